The average Bonchev–Trinajstić information content (AvgIpc) is 3.22. The van der Waals surface area contributed by atoms with Crippen molar-refractivity contribution in [1.82, 2.24) is 20.4 Å². The minimum absolute atomic E-state index is 0.404. The minimum Gasteiger partial charge on any atom is -0.356 e. The van der Waals surface area contributed by atoms with Crippen LogP contribution in [0.4, 0.5) is 0 Å². The number of aliphatic imine (C=N–C) groups is 1. The summed E-state index contributed by atoms with van der Waals surface area (Å²) in [6.45, 7) is 5.25. The van der Waals surface area contributed by atoms with E-state index in [-0.39, 0.29) is 0 Å². The number of fused-ring (bicyclic) bond motifs is 1. The molecule has 130 valence electrons. The van der Waals surface area contributed by atoms with Gasteiger partial charge in [-0.15, -0.1) is 11.3 Å². The van der Waals surface area contributed by atoms with Crippen LogP contribution in [0.3, 0.4) is 0 Å². The molecule has 1 atom stereocenters. The maximum Gasteiger partial charge on any atom is 0.191 e. The summed E-state index contributed by atoms with van der Waals surface area (Å²) in [5.74, 6) is 0.892. The van der Waals surface area contributed by atoms with Crippen molar-refractivity contribution in [2.24, 2.45) is 4.99 Å². The van der Waals surface area contributed by atoms with Crippen LogP contribution in [0.15, 0.2) is 28.7 Å². The number of rotatable bonds is 5. The maximum absolute atomic E-state index is 4.75. The summed E-state index contributed by atoms with van der Waals surface area (Å²) in [6, 6.07) is 5.11. The van der Waals surface area contributed by atoms with Crippen molar-refractivity contribution in [3.63, 3.8) is 0 Å². The number of nitrogens with one attached hydrogen (secondary N) is 2. The summed E-state index contributed by atoms with van der Waals surface area (Å²) in [5, 5.41) is 13.9. The molecule has 1 aliphatic rings. The highest BCUT2D eigenvalue weighted by molar-refractivity contribution is 7.09. The molecule has 0 amide bonds. The Bertz CT molecular complexity index is 672. The quantitative estimate of drug-likeness (QED) is 0.647. The highest BCUT2D eigenvalue weighted by atomic mass is 32.1. The maximum atomic E-state index is 4.75. The molecule has 3 rings (SSSR count). The fourth-order valence-electron chi connectivity index (χ4n) is 3.05. The molecule has 1 unspecified atom stereocenters. The average molecular weight is 346 g/mol. The molecule has 0 aromatic carbocycles. The van der Waals surface area contributed by atoms with E-state index in [1.54, 1.807) is 11.3 Å². The molecule has 6 heteroatoms. The number of hydrogen-bond acceptors (Lipinski definition) is 3. The van der Waals surface area contributed by atoms with Crippen LogP contribution in [0.5, 0.6) is 0 Å². The standard InChI is InChI=1S/C18H27N5S/c1-13(2)23-12-14-6-7-15(11-17(14)22-23)21-18(19-3)20-9-8-16-5-4-10-24-16/h4-5,10,12-13,15H,6-9,11H2,1-3H3,(H2,19,20,21). The number of aryl methyl sites for hydroxylation is 1. The first-order valence-corrected chi connectivity index (χ1v) is 9.60. The SMILES string of the molecule is CN=C(NCCc1cccs1)NC1CCc2cn(C(C)C)nc2C1. The summed E-state index contributed by atoms with van der Waals surface area (Å²) >= 11 is 1.80. The summed E-state index contributed by atoms with van der Waals surface area (Å²) in [4.78, 5) is 5.76. The second kappa shape index (κ2) is 7.83. The van der Waals surface area contributed by atoms with Gasteiger partial charge in [0.05, 0.1) is 5.69 Å². The summed E-state index contributed by atoms with van der Waals surface area (Å²) in [5.41, 5.74) is 2.64. The minimum atomic E-state index is 0.404. The molecule has 2 heterocycles. The largest absolute Gasteiger partial charge is 0.356 e. The van der Waals surface area contributed by atoms with Crippen LogP contribution in [0, 0.1) is 0 Å². The lowest BCUT2D eigenvalue weighted by molar-refractivity contribution is 0.499. The smallest absolute Gasteiger partial charge is 0.191 e. The Labute approximate surface area is 148 Å². The van der Waals surface area contributed by atoms with Crippen LogP contribution < -0.4 is 10.6 Å². The third-order valence-corrected chi connectivity index (χ3v) is 5.37. The van der Waals surface area contributed by atoms with Gasteiger partial charge in [-0.1, -0.05) is 6.07 Å². The first-order valence-electron chi connectivity index (χ1n) is 8.72. The van der Waals surface area contributed by atoms with Gasteiger partial charge in [-0.3, -0.25) is 9.67 Å². The van der Waals surface area contributed by atoms with Crippen molar-refractivity contribution >= 4 is 17.3 Å². The predicted molar refractivity (Wildman–Crippen MR) is 101 cm³/mol. The summed E-state index contributed by atoms with van der Waals surface area (Å²) in [7, 11) is 1.84. The fraction of sp³-hybridized carbons (Fsp3) is 0.556. The Morgan fingerprint density at radius 3 is 3.08 bits per heavy atom. The van der Waals surface area contributed by atoms with Crippen molar-refractivity contribution in [2.75, 3.05) is 13.6 Å². The molecule has 0 saturated carbocycles. The van der Waals surface area contributed by atoms with E-state index in [0.717, 1.165) is 38.2 Å². The topological polar surface area (TPSA) is 54.2 Å². The van der Waals surface area contributed by atoms with Crippen LogP contribution in [0.25, 0.3) is 0 Å². The molecule has 5 nitrogen and oxygen atoms in total. The Morgan fingerprint density at radius 1 is 1.50 bits per heavy atom. The lowest BCUT2D eigenvalue weighted by Crippen LogP contribution is -2.46. The van der Waals surface area contributed by atoms with Crippen LogP contribution >= 0.6 is 11.3 Å². The first-order chi connectivity index (χ1) is 11.7. The molecule has 0 aliphatic heterocycles. The molecule has 0 bridgehead atoms. The highest BCUT2D eigenvalue weighted by Crippen LogP contribution is 2.21. The molecule has 0 fully saturated rings. The summed E-state index contributed by atoms with van der Waals surface area (Å²) in [6.07, 6.45) is 6.44. The second-order valence-electron chi connectivity index (χ2n) is 6.59. The van der Waals surface area contributed by atoms with Gasteiger partial charge in [0.15, 0.2) is 5.96 Å². The van der Waals surface area contributed by atoms with Crippen molar-refractivity contribution in [3.05, 3.63) is 39.8 Å². The van der Waals surface area contributed by atoms with Crippen LogP contribution in [-0.2, 0) is 19.3 Å². The molecule has 0 spiro atoms. The number of aromatic nitrogens is 2. The van der Waals surface area contributed by atoms with Gasteiger partial charge in [-0.2, -0.15) is 5.10 Å². The van der Waals surface area contributed by atoms with E-state index in [2.05, 4.69) is 57.9 Å². The number of nitrogens with zero attached hydrogens (tertiary/aromatic N) is 3. The molecule has 0 radical (unpaired) electrons. The second-order valence-corrected chi connectivity index (χ2v) is 7.62. The van der Waals surface area contributed by atoms with Crippen LogP contribution in [0.1, 0.15) is 42.4 Å². The number of guanidine groups is 1. The number of thiophene rings is 1. The zero-order valence-electron chi connectivity index (χ0n) is 14.7. The van der Waals surface area contributed by atoms with Gasteiger partial charge < -0.3 is 10.6 Å². The van der Waals surface area contributed by atoms with Crippen LogP contribution in [-0.4, -0.2) is 35.4 Å². The highest BCUT2D eigenvalue weighted by Gasteiger charge is 2.22. The third-order valence-electron chi connectivity index (χ3n) is 4.43. The monoisotopic (exact) mass is 345 g/mol. The van der Waals surface area contributed by atoms with Crippen LogP contribution in [0.2, 0.25) is 0 Å². The van der Waals surface area contributed by atoms with Gasteiger partial charge in [-0.05, 0) is 50.1 Å². The number of hydrogen-bond donors (Lipinski definition) is 2. The van der Waals surface area contributed by atoms with E-state index in [9.17, 15) is 0 Å². The van der Waals surface area contributed by atoms with E-state index >= 15 is 0 Å². The van der Waals surface area contributed by atoms with Gasteiger partial charge in [-0.25, -0.2) is 0 Å². The van der Waals surface area contributed by atoms with Gasteiger partial charge in [0.1, 0.15) is 0 Å². The predicted octanol–water partition coefficient (Wildman–Crippen LogP) is 2.79. The van der Waals surface area contributed by atoms with Gasteiger partial charge in [0.25, 0.3) is 0 Å². The Balaban J connectivity index is 1.51. The molecule has 0 saturated heterocycles. The molecular formula is C18H27N5S. The third kappa shape index (κ3) is 4.17. The van der Waals surface area contributed by atoms with Crippen molar-refractivity contribution in [3.8, 4) is 0 Å². The molecule has 2 N–H and O–H groups in total. The Morgan fingerprint density at radius 2 is 2.38 bits per heavy atom. The molecule has 24 heavy (non-hydrogen) atoms. The fourth-order valence-corrected chi connectivity index (χ4v) is 3.76. The van der Waals surface area contributed by atoms with Crippen molar-refractivity contribution < 1.29 is 0 Å². The van der Waals surface area contributed by atoms with Gasteiger partial charge in [0.2, 0.25) is 0 Å². The lowest BCUT2D eigenvalue weighted by Gasteiger charge is -2.24. The normalized spacial score (nSPS) is 17.8. The van der Waals surface area contributed by atoms with E-state index in [4.69, 9.17) is 5.10 Å². The zero-order chi connectivity index (χ0) is 16.9. The molecule has 1 aliphatic carbocycles. The molecular weight excluding hydrogens is 318 g/mol. The first kappa shape index (κ1) is 17.0. The molecule has 2 aromatic heterocycles. The van der Waals surface area contributed by atoms with E-state index < -0.39 is 0 Å². The van der Waals surface area contributed by atoms with E-state index in [1.165, 1.54) is 16.1 Å². The lowest BCUT2D eigenvalue weighted by atomic mass is 9.94. The zero-order valence-corrected chi connectivity index (χ0v) is 15.6. The summed E-state index contributed by atoms with van der Waals surface area (Å²) < 4.78 is 2.08. The Hall–Kier alpha value is -1.82. The van der Waals surface area contributed by atoms with Crippen molar-refractivity contribution in [2.45, 2.75) is 51.6 Å². The van der Waals surface area contributed by atoms with Gasteiger partial charge >= 0.3 is 0 Å². The van der Waals surface area contributed by atoms with Crippen molar-refractivity contribution in [1.29, 1.82) is 0 Å². The van der Waals surface area contributed by atoms with E-state index in [1.807, 2.05) is 7.05 Å². The van der Waals surface area contributed by atoms with E-state index in [0.29, 0.717) is 12.1 Å². The van der Waals surface area contributed by atoms with Gasteiger partial charge in [0, 0.05) is 43.2 Å². The molecule has 2 aromatic rings. The Kier molecular flexibility index (Phi) is 5.56.